The number of fused-ring (bicyclic) bond motifs is 1. The molecule has 0 aliphatic rings. The molecule has 0 fully saturated rings. The molecule has 0 atom stereocenters. The number of amides is 1. The van der Waals surface area contributed by atoms with E-state index >= 15 is 0 Å². The Morgan fingerprint density at radius 1 is 1.26 bits per heavy atom. The van der Waals surface area contributed by atoms with Gasteiger partial charge in [-0.15, -0.1) is 0 Å². The second kappa shape index (κ2) is 7.72. The number of nitrogens with one attached hydrogen (secondary N) is 1. The lowest BCUT2D eigenvalue weighted by molar-refractivity contribution is -0.120. The first-order chi connectivity index (χ1) is 12.9. The number of aromatic hydroxyl groups is 1. The summed E-state index contributed by atoms with van der Waals surface area (Å²) in [4.78, 5) is 24.5. The molecule has 2 aromatic carbocycles. The Labute approximate surface area is 160 Å². The van der Waals surface area contributed by atoms with E-state index in [-0.39, 0.29) is 34.2 Å². The van der Waals surface area contributed by atoms with Crippen LogP contribution in [-0.4, -0.2) is 18.1 Å². The van der Waals surface area contributed by atoms with E-state index in [4.69, 9.17) is 20.8 Å². The van der Waals surface area contributed by atoms with Crippen molar-refractivity contribution in [3.63, 3.8) is 0 Å². The maximum atomic E-state index is 12.3. The van der Waals surface area contributed by atoms with Crippen molar-refractivity contribution in [2.75, 3.05) is 7.11 Å². The van der Waals surface area contributed by atoms with Gasteiger partial charge in [0.15, 0.2) is 0 Å². The maximum Gasteiger partial charge on any atom is 0.340 e. The molecule has 1 amide bonds. The van der Waals surface area contributed by atoms with Gasteiger partial charge in [-0.1, -0.05) is 23.7 Å². The van der Waals surface area contributed by atoms with Gasteiger partial charge in [0.05, 0.1) is 24.1 Å². The molecule has 3 aromatic rings. The minimum atomic E-state index is -0.610. The van der Waals surface area contributed by atoms with E-state index in [0.29, 0.717) is 17.5 Å². The summed E-state index contributed by atoms with van der Waals surface area (Å²) in [7, 11) is 1.59. The van der Waals surface area contributed by atoms with E-state index in [1.54, 1.807) is 14.0 Å². The van der Waals surface area contributed by atoms with Gasteiger partial charge in [0, 0.05) is 18.0 Å². The fourth-order valence-electron chi connectivity index (χ4n) is 2.77. The van der Waals surface area contributed by atoms with Crippen molar-refractivity contribution in [2.45, 2.75) is 19.9 Å². The summed E-state index contributed by atoms with van der Waals surface area (Å²) in [5, 5.41) is 13.2. The van der Waals surface area contributed by atoms with Crippen LogP contribution in [0.1, 0.15) is 16.7 Å². The molecule has 6 nitrogen and oxygen atoms in total. The molecule has 3 rings (SSSR count). The van der Waals surface area contributed by atoms with Crippen molar-refractivity contribution < 1.29 is 19.1 Å². The number of rotatable bonds is 5. The topological polar surface area (TPSA) is 88.8 Å². The first-order valence-electron chi connectivity index (χ1n) is 8.23. The van der Waals surface area contributed by atoms with Gasteiger partial charge in [0.25, 0.3) is 0 Å². The lowest BCUT2D eigenvalue weighted by Crippen LogP contribution is -2.27. The smallest absolute Gasteiger partial charge is 0.340 e. The van der Waals surface area contributed by atoms with Crippen LogP contribution >= 0.6 is 11.6 Å². The zero-order valence-corrected chi connectivity index (χ0v) is 15.6. The third-order valence-corrected chi connectivity index (χ3v) is 4.64. The number of halogens is 1. The molecule has 0 saturated carbocycles. The average Bonchev–Trinajstić information content (AvgIpc) is 2.66. The Bertz CT molecular complexity index is 1060. The molecule has 1 heterocycles. The van der Waals surface area contributed by atoms with Gasteiger partial charge >= 0.3 is 5.63 Å². The highest BCUT2D eigenvalue weighted by Gasteiger charge is 2.16. The lowest BCUT2D eigenvalue weighted by atomic mass is 10.0. The number of aryl methyl sites for hydroxylation is 1. The van der Waals surface area contributed by atoms with Gasteiger partial charge in [0.2, 0.25) is 5.91 Å². The van der Waals surface area contributed by atoms with Crippen molar-refractivity contribution in [1.29, 1.82) is 0 Å². The molecule has 0 aliphatic heterocycles. The van der Waals surface area contributed by atoms with Crippen LogP contribution in [0.2, 0.25) is 5.02 Å². The SMILES string of the molecule is COc1ccc(CNC(=O)Cc2c(C)c3cc(Cl)c(O)cc3oc2=O)cc1. The Morgan fingerprint density at radius 2 is 1.96 bits per heavy atom. The second-order valence-electron chi connectivity index (χ2n) is 6.09. The molecule has 0 spiro atoms. The Balaban J connectivity index is 1.77. The van der Waals surface area contributed by atoms with Crippen LogP contribution in [0, 0.1) is 6.92 Å². The number of carbonyl (C=O) groups excluding carboxylic acids is 1. The molecule has 0 bridgehead atoms. The molecule has 0 unspecified atom stereocenters. The van der Waals surface area contributed by atoms with Crippen molar-refractivity contribution in [3.05, 3.63) is 68.5 Å². The number of carbonyl (C=O) groups is 1. The molecular formula is C20H18ClNO5. The number of ether oxygens (including phenoxy) is 1. The number of phenolic OH excluding ortho intramolecular Hbond substituents is 1. The highest BCUT2D eigenvalue weighted by Crippen LogP contribution is 2.30. The van der Waals surface area contributed by atoms with E-state index in [2.05, 4.69) is 5.32 Å². The number of methoxy groups -OCH3 is 1. The number of hydrogen-bond donors (Lipinski definition) is 2. The van der Waals surface area contributed by atoms with Gasteiger partial charge in [0.1, 0.15) is 17.1 Å². The fraction of sp³-hybridized carbons (Fsp3) is 0.200. The van der Waals surface area contributed by atoms with E-state index in [1.807, 2.05) is 24.3 Å². The second-order valence-corrected chi connectivity index (χ2v) is 6.50. The van der Waals surface area contributed by atoms with Gasteiger partial charge in [-0.2, -0.15) is 0 Å². The van der Waals surface area contributed by atoms with Crippen molar-refractivity contribution in [3.8, 4) is 11.5 Å². The van der Waals surface area contributed by atoms with Gasteiger partial charge in [-0.05, 0) is 36.2 Å². The first-order valence-corrected chi connectivity index (χ1v) is 8.61. The molecule has 0 saturated heterocycles. The maximum absolute atomic E-state index is 12.3. The molecule has 0 radical (unpaired) electrons. The fourth-order valence-corrected chi connectivity index (χ4v) is 2.93. The van der Waals surface area contributed by atoms with E-state index in [1.165, 1.54) is 12.1 Å². The molecule has 0 aliphatic carbocycles. The Hall–Kier alpha value is -2.99. The van der Waals surface area contributed by atoms with Crippen molar-refractivity contribution in [1.82, 2.24) is 5.32 Å². The van der Waals surface area contributed by atoms with Crippen LogP contribution in [0.4, 0.5) is 0 Å². The number of benzene rings is 2. The normalized spacial score (nSPS) is 10.8. The standard InChI is InChI=1S/C20H18ClNO5/c1-11-14-7-16(21)17(23)9-18(14)27-20(25)15(11)8-19(24)22-10-12-3-5-13(26-2)6-4-12/h3-7,9,23H,8,10H2,1-2H3,(H,22,24). The zero-order valence-electron chi connectivity index (χ0n) is 14.8. The minimum absolute atomic E-state index is 0.112. The van der Waals surface area contributed by atoms with Crippen molar-refractivity contribution >= 4 is 28.5 Å². The Kier molecular flexibility index (Phi) is 5.37. The molecule has 27 heavy (non-hydrogen) atoms. The zero-order chi connectivity index (χ0) is 19.6. The highest BCUT2D eigenvalue weighted by molar-refractivity contribution is 6.32. The third-order valence-electron chi connectivity index (χ3n) is 4.34. The average molecular weight is 388 g/mol. The van der Waals surface area contributed by atoms with Crippen LogP contribution in [-0.2, 0) is 17.8 Å². The quantitative estimate of drug-likeness (QED) is 0.655. The summed E-state index contributed by atoms with van der Waals surface area (Å²) in [6.07, 6.45) is -0.112. The highest BCUT2D eigenvalue weighted by atomic mass is 35.5. The van der Waals surface area contributed by atoms with Crippen LogP contribution in [0.15, 0.2) is 45.6 Å². The monoisotopic (exact) mass is 387 g/mol. The summed E-state index contributed by atoms with van der Waals surface area (Å²) in [6, 6.07) is 10.1. The van der Waals surface area contributed by atoms with Crippen LogP contribution in [0.3, 0.4) is 0 Å². The molecule has 140 valence electrons. The van der Waals surface area contributed by atoms with Crippen LogP contribution in [0.5, 0.6) is 11.5 Å². The number of hydrogen-bond acceptors (Lipinski definition) is 5. The predicted octanol–water partition coefficient (Wildman–Crippen LogP) is 3.33. The van der Waals surface area contributed by atoms with Crippen LogP contribution < -0.4 is 15.7 Å². The van der Waals surface area contributed by atoms with E-state index in [0.717, 1.165) is 11.3 Å². The molecule has 7 heteroatoms. The largest absolute Gasteiger partial charge is 0.506 e. The Morgan fingerprint density at radius 3 is 2.63 bits per heavy atom. The van der Waals surface area contributed by atoms with Crippen molar-refractivity contribution in [2.24, 2.45) is 0 Å². The molecule has 2 N–H and O–H groups in total. The lowest BCUT2D eigenvalue weighted by Gasteiger charge is -2.10. The summed E-state index contributed by atoms with van der Waals surface area (Å²) in [5.41, 5.74) is 1.39. The van der Waals surface area contributed by atoms with Crippen LogP contribution in [0.25, 0.3) is 11.0 Å². The number of phenols is 1. The third kappa shape index (κ3) is 4.06. The summed E-state index contributed by atoms with van der Waals surface area (Å²) in [6.45, 7) is 2.05. The van der Waals surface area contributed by atoms with Gasteiger partial charge < -0.3 is 19.6 Å². The van der Waals surface area contributed by atoms with E-state index in [9.17, 15) is 14.7 Å². The predicted molar refractivity (Wildman–Crippen MR) is 102 cm³/mol. The van der Waals surface area contributed by atoms with Gasteiger partial charge in [-0.25, -0.2) is 4.79 Å². The minimum Gasteiger partial charge on any atom is -0.506 e. The summed E-state index contributed by atoms with van der Waals surface area (Å²) in [5.74, 6) is 0.265. The summed E-state index contributed by atoms with van der Waals surface area (Å²) >= 11 is 5.94. The van der Waals surface area contributed by atoms with E-state index < -0.39 is 5.63 Å². The first kappa shape index (κ1) is 18.8. The molecular weight excluding hydrogens is 370 g/mol. The summed E-state index contributed by atoms with van der Waals surface area (Å²) < 4.78 is 10.3. The molecule has 1 aromatic heterocycles. The van der Waals surface area contributed by atoms with Gasteiger partial charge in [-0.3, -0.25) is 4.79 Å².